The third kappa shape index (κ3) is 3.77. The zero-order valence-electron chi connectivity index (χ0n) is 17.4. The summed E-state index contributed by atoms with van der Waals surface area (Å²) < 4.78 is 15.3. The highest BCUT2D eigenvalue weighted by Crippen LogP contribution is 2.59. The molecule has 0 spiro atoms. The maximum atomic E-state index is 12.8. The molecule has 2 aliphatic carbocycles. The van der Waals surface area contributed by atoms with E-state index in [4.69, 9.17) is 37.4 Å². The molecule has 6 atom stereocenters. The molecule has 1 N–H and O–H groups in total. The number of alkyl halides is 2. The van der Waals surface area contributed by atoms with Crippen molar-refractivity contribution in [2.45, 2.75) is 17.2 Å². The van der Waals surface area contributed by atoms with Gasteiger partial charge in [-0.3, -0.25) is 24.1 Å². The lowest BCUT2D eigenvalue weighted by Gasteiger charge is -2.28. The first-order chi connectivity index (χ1) is 15.3. The van der Waals surface area contributed by atoms with Crippen molar-refractivity contribution in [3.05, 3.63) is 18.2 Å². The lowest BCUT2D eigenvalue weighted by molar-refractivity contribution is -0.154. The standard InChI is InChI=1S/C21H22Cl2N2O7/c1-30-9-3-4-12(13(5-9)31-2)24-14(26)8-32-15(27)7-25-20(28)16-10-6-11(17(16)21(25)29)19(23)18(10)22/h3-5,10-11,16-19H,6-8H2,1-2H3,(H,24,26)/t10-,11-,16-,17-,18-,19+/m1/s1. The van der Waals surface area contributed by atoms with Crippen LogP contribution in [0, 0.1) is 23.7 Å². The molecule has 9 nitrogen and oxygen atoms in total. The van der Waals surface area contributed by atoms with E-state index < -0.39 is 48.7 Å². The quantitative estimate of drug-likeness (QED) is 0.355. The van der Waals surface area contributed by atoms with E-state index in [2.05, 4.69) is 5.32 Å². The van der Waals surface area contributed by atoms with Crippen molar-refractivity contribution in [1.29, 1.82) is 0 Å². The van der Waals surface area contributed by atoms with E-state index >= 15 is 0 Å². The van der Waals surface area contributed by atoms with Gasteiger partial charge in [0.25, 0.3) is 5.91 Å². The molecular formula is C21H22Cl2N2O7. The Morgan fingerprint density at radius 3 is 2.25 bits per heavy atom. The number of nitrogens with one attached hydrogen (secondary N) is 1. The molecule has 32 heavy (non-hydrogen) atoms. The summed E-state index contributed by atoms with van der Waals surface area (Å²) in [6.45, 7) is -1.14. The Kier molecular flexibility index (Phi) is 6.22. The number of fused-ring (bicyclic) bond motifs is 5. The predicted molar refractivity (Wildman–Crippen MR) is 114 cm³/mol. The molecule has 1 aromatic carbocycles. The number of hydrogen-bond acceptors (Lipinski definition) is 7. The first-order valence-corrected chi connectivity index (χ1v) is 10.9. The molecule has 0 unspecified atom stereocenters. The number of benzene rings is 1. The third-order valence-corrected chi connectivity index (χ3v) is 7.73. The Balaban J connectivity index is 1.32. The molecule has 0 aromatic heterocycles. The molecule has 0 radical (unpaired) electrons. The van der Waals surface area contributed by atoms with Crippen LogP contribution < -0.4 is 14.8 Å². The zero-order valence-corrected chi connectivity index (χ0v) is 18.9. The summed E-state index contributed by atoms with van der Waals surface area (Å²) in [7, 11) is 2.94. The number of ether oxygens (including phenoxy) is 3. The van der Waals surface area contributed by atoms with Crippen LogP contribution in [0.5, 0.6) is 11.5 Å². The second kappa shape index (κ2) is 8.78. The van der Waals surface area contributed by atoms with E-state index in [1.165, 1.54) is 14.2 Å². The number of imide groups is 1. The summed E-state index contributed by atoms with van der Waals surface area (Å²) >= 11 is 12.6. The largest absolute Gasteiger partial charge is 0.497 e. The van der Waals surface area contributed by atoms with Crippen molar-refractivity contribution in [1.82, 2.24) is 4.90 Å². The summed E-state index contributed by atoms with van der Waals surface area (Å²) in [4.78, 5) is 50.9. The maximum Gasteiger partial charge on any atom is 0.326 e. The SMILES string of the molecule is COc1ccc(NC(=O)COC(=O)CN2C(=O)[C@@H]3[C@H]4C[C@@H]([C@@H](Cl)[C@H]4Cl)[C@H]3C2=O)c(OC)c1. The van der Waals surface area contributed by atoms with Gasteiger partial charge in [0.1, 0.15) is 18.0 Å². The number of likely N-dealkylation sites (tertiary alicyclic amines) is 1. The lowest BCUT2D eigenvalue weighted by atomic mass is 9.80. The number of esters is 1. The van der Waals surface area contributed by atoms with E-state index in [1.807, 2.05) is 0 Å². The number of carbonyl (C=O) groups excluding carboxylic acids is 4. The topological polar surface area (TPSA) is 111 Å². The molecule has 1 heterocycles. The summed E-state index contributed by atoms with van der Waals surface area (Å²) in [5, 5.41) is 1.83. The van der Waals surface area contributed by atoms with Crippen molar-refractivity contribution in [3.8, 4) is 11.5 Å². The summed E-state index contributed by atoms with van der Waals surface area (Å²) in [5.74, 6) is -2.82. The van der Waals surface area contributed by atoms with Crippen molar-refractivity contribution in [2.24, 2.45) is 23.7 Å². The molecular weight excluding hydrogens is 463 g/mol. The van der Waals surface area contributed by atoms with Crippen molar-refractivity contribution < 1.29 is 33.4 Å². The van der Waals surface area contributed by atoms with Crippen molar-refractivity contribution >= 4 is 52.6 Å². The van der Waals surface area contributed by atoms with Gasteiger partial charge in [0.05, 0.1) is 42.5 Å². The number of rotatable bonds is 7. The van der Waals surface area contributed by atoms with Gasteiger partial charge in [-0.15, -0.1) is 23.2 Å². The molecule has 1 aromatic rings. The minimum absolute atomic E-state index is 0.170. The van der Waals surface area contributed by atoms with Gasteiger partial charge < -0.3 is 19.5 Å². The fraction of sp³-hybridized carbons (Fsp3) is 0.524. The van der Waals surface area contributed by atoms with Gasteiger partial charge in [0, 0.05) is 6.07 Å². The van der Waals surface area contributed by atoms with Gasteiger partial charge in [-0.25, -0.2) is 0 Å². The highest BCUT2D eigenvalue weighted by Gasteiger charge is 2.66. The van der Waals surface area contributed by atoms with E-state index in [9.17, 15) is 19.2 Å². The molecule has 11 heteroatoms. The fourth-order valence-corrected chi connectivity index (χ4v) is 5.87. The lowest BCUT2D eigenvalue weighted by Crippen LogP contribution is -2.38. The number of methoxy groups -OCH3 is 2. The smallest absolute Gasteiger partial charge is 0.326 e. The van der Waals surface area contributed by atoms with Crippen LogP contribution in [0.4, 0.5) is 5.69 Å². The number of hydrogen-bond donors (Lipinski definition) is 1. The van der Waals surface area contributed by atoms with Crippen LogP contribution in [-0.2, 0) is 23.9 Å². The minimum atomic E-state index is -0.860. The van der Waals surface area contributed by atoms with E-state index in [1.54, 1.807) is 18.2 Å². The van der Waals surface area contributed by atoms with Crippen LogP contribution in [0.1, 0.15) is 6.42 Å². The van der Waals surface area contributed by atoms with Crippen molar-refractivity contribution in [2.75, 3.05) is 32.7 Å². The van der Waals surface area contributed by atoms with Crippen LogP contribution in [-0.4, -0.2) is 66.7 Å². The summed E-state index contributed by atoms with van der Waals surface area (Å²) in [5.41, 5.74) is 0.369. The van der Waals surface area contributed by atoms with Gasteiger partial charge in [0.15, 0.2) is 6.61 Å². The Morgan fingerprint density at radius 1 is 1.06 bits per heavy atom. The molecule has 1 saturated heterocycles. The van der Waals surface area contributed by atoms with E-state index in [-0.39, 0.29) is 22.6 Å². The second-order valence-corrected chi connectivity index (χ2v) is 9.05. The first kappa shape index (κ1) is 22.7. The monoisotopic (exact) mass is 484 g/mol. The Labute approximate surface area is 194 Å². The van der Waals surface area contributed by atoms with Gasteiger partial charge in [0.2, 0.25) is 11.8 Å². The normalized spacial score (nSPS) is 30.3. The molecule has 4 rings (SSSR count). The van der Waals surface area contributed by atoms with E-state index in [0.717, 1.165) is 4.90 Å². The Hall–Kier alpha value is -2.52. The third-order valence-electron chi connectivity index (χ3n) is 6.41. The summed E-state index contributed by atoms with van der Waals surface area (Å²) in [6.07, 6.45) is 0.641. The van der Waals surface area contributed by atoms with Crippen LogP contribution in [0.15, 0.2) is 18.2 Å². The zero-order chi connectivity index (χ0) is 23.2. The fourth-order valence-electron chi connectivity index (χ4n) is 4.98. The van der Waals surface area contributed by atoms with Crippen LogP contribution >= 0.6 is 23.2 Å². The predicted octanol–water partition coefficient (Wildman–Crippen LogP) is 1.65. The molecule has 3 fully saturated rings. The Bertz CT molecular complexity index is 939. The van der Waals surface area contributed by atoms with Gasteiger partial charge in [-0.1, -0.05) is 0 Å². The average Bonchev–Trinajstić information content (AvgIpc) is 3.39. The molecule has 3 amide bonds. The first-order valence-electron chi connectivity index (χ1n) is 10.1. The van der Waals surface area contributed by atoms with Crippen LogP contribution in [0.3, 0.4) is 0 Å². The number of anilines is 1. The maximum absolute atomic E-state index is 12.8. The van der Waals surface area contributed by atoms with Crippen molar-refractivity contribution in [3.63, 3.8) is 0 Å². The molecule has 172 valence electrons. The highest BCUT2D eigenvalue weighted by molar-refractivity contribution is 6.31. The molecule has 3 aliphatic rings. The Morgan fingerprint density at radius 2 is 1.69 bits per heavy atom. The highest BCUT2D eigenvalue weighted by atomic mass is 35.5. The van der Waals surface area contributed by atoms with Gasteiger partial charge in [-0.2, -0.15) is 0 Å². The van der Waals surface area contributed by atoms with Crippen LogP contribution in [0.25, 0.3) is 0 Å². The number of halogens is 2. The molecule has 1 aliphatic heterocycles. The number of amides is 3. The van der Waals surface area contributed by atoms with E-state index in [0.29, 0.717) is 23.6 Å². The minimum Gasteiger partial charge on any atom is -0.497 e. The number of carbonyl (C=O) groups is 4. The second-order valence-electron chi connectivity index (χ2n) is 8.04. The summed E-state index contributed by atoms with van der Waals surface area (Å²) in [6, 6.07) is 4.81. The number of nitrogens with zero attached hydrogens (tertiary/aromatic N) is 1. The van der Waals surface area contributed by atoms with Gasteiger partial charge in [-0.05, 0) is 30.4 Å². The van der Waals surface area contributed by atoms with Gasteiger partial charge >= 0.3 is 5.97 Å². The molecule has 2 saturated carbocycles. The van der Waals surface area contributed by atoms with Crippen LogP contribution in [0.2, 0.25) is 0 Å². The average molecular weight is 485 g/mol. The molecule has 2 bridgehead atoms.